The van der Waals surface area contributed by atoms with E-state index in [2.05, 4.69) is 20.4 Å². The molecular formula is C29H22ClF3N6O3. The molecule has 0 bridgehead atoms. The lowest BCUT2D eigenvalue weighted by Gasteiger charge is -2.45. The van der Waals surface area contributed by atoms with Gasteiger partial charge in [0, 0.05) is 22.6 Å². The van der Waals surface area contributed by atoms with Crippen molar-refractivity contribution >= 4 is 11.6 Å². The number of rotatable bonds is 5. The standard InChI is InChI=1S/C29H22ClF3N6O3/c30-18-7-4-8-19(11-18)39-28(34-15-35-39)24-12-23(27-25(41-24)14-40-29(42-27)16-5-2-1-3-6-16)38-13-22(36-37-38)17-9-20(31)26(33)21(32)10-17/h1-11,13,15,23-25,27,29H,12,14H2/t23-,24-,25-,27-,29?/m1/s1. The van der Waals surface area contributed by atoms with Gasteiger partial charge in [-0.05, 0) is 30.3 Å². The van der Waals surface area contributed by atoms with Crippen molar-refractivity contribution in [3.05, 3.63) is 113 Å². The van der Waals surface area contributed by atoms with Crippen LogP contribution >= 0.6 is 11.6 Å². The van der Waals surface area contributed by atoms with Crippen molar-refractivity contribution in [1.82, 2.24) is 29.8 Å². The van der Waals surface area contributed by atoms with Crippen molar-refractivity contribution in [3.8, 4) is 16.9 Å². The molecule has 2 aromatic heterocycles. The van der Waals surface area contributed by atoms with Gasteiger partial charge in [0.25, 0.3) is 0 Å². The summed E-state index contributed by atoms with van der Waals surface area (Å²) in [6.07, 6.45) is 1.07. The van der Waals surface area contributed by atoms with Crippen LogP contribution in [0.15, 0.2) is 79.3 Å². The van der Waals surface area contributed by atoms with Crippen LogP contribution < -0.4 is 0 Å². The van der Waals surface area contributed by atoms with Crippen LogP contribution in [0.25, 0.3) is 16.9 Å². The predicted octanol–water partition coefficient (Wildman–Crippen LogP) is 5.78. The minimum Gasteiger partial charge on any atom is -0.362 e. The second kappa shape index (κ2) is 11.0. The van der Waals surface area contributed by atoms with Gasteiger partial charge in [-0.3, -0.25) is 0 Å². The van der Waals surface area contributed by atoms with Crippen LogP contribution in [0.2, 0.25) is 5.02 Å². The Balaban J connectivity index is 1.25. The number of benzene rings is 3. The lowest BCUT2D eigenvalue weighted by molar-refractivity contribution is -0.302. The zero-order valence-electron chi connectivity index (χ0n) is 21.7. The SMILES string of the molecule is Fc1cc(-c2cn([C@@H]3C[C@H](c4ncnn4-c4cccc(Cl)c4)O[C@@H]4COC(c5ccccc5)O[C@H]34)nn2)cc(F)c1F. The molecule has 0 spiro atoms. The Morgan fingerprint density at radius 3 is 2.52 bits per heavy atom. The smallest absolute Gasteiger partial charge is 0.194 e. The van der Waals surface area contributed by atoms with Crippen molar-refractivity contribution in [2.24, 2.45) is 0 Å². The highest BCUT2D eigenvalue weighted by Crippen LogP contribution is 2.43. The molecule has 9 nitrogen and oxygen atoms in total. The van der Waals surface area contributed by atoms with E-state index in [1.807, 2.05) is 42.5 Å². The summed E-state index contributed by atoms with van der Waals surface area (Å²) in [5.41, 5.74) is 1.77. The average Bonchev–Trinajstić information content (AvgIpc) is 3.70. The Bertz CT molecular complexity index is 1710. The average molecular weight is 595 g/mol. The zero-order chi connectivity index (χ0) is 28.8. The summed E-state index contributed by atoms with van der Waals surface area (Å²) in [7, 11) is 0. The molecule has 13 heteroatoms. The number of hydrogen-bond acceptors (Lipinski definition) is 7. The van der Waals surface area contributed by atoms with Crippen LogP contribution in [0, 0.1) is 17.5 Å². The first-order chi connectivity index (χ1) is 20.4. The van der Waals surface area contributed by atoms with Crippen LogP contribution in [0.5, 0.6) is 0 Å². The Labute approximate surface area is 242 Å². The van der Waals surface area contributed by atoms with Crippen LogP contribution in [0.3, 0.4) is 0 Å². The fraction of sp³-hybridized carbons (Fsp3) is 0.241. The summed E-state index contributed by atoms with van der Waals surface area (Å²) in [5.74, 6) is -3.64. The van der Waals surface area contributed by atoms with Gasteiger partial charge in [0.2, 0.25) is 0 Å². The fourth-order valence-corrected chi connectivity index (χ4v) is 5.57. The molecule has 3 aromatic carbocycles. The number of hydrogen-bond donors (Lipinski definition) is 0. The number of ether oxygens (including phenoxy) is 3. The Hall–Kier alpha value is -4.10. The molecule has 4 heterocycles. The largest absolute Gasteiger partial charge is 0.362 e. The highest BCUT2D eigenvalue weighted by atomic mass is 35.5. The summed E-state index contributed by atoms with van der Waals surface area (Å²) in [6, 6.07) is 18.0. The Morgan fingerprint density at radius 2 is 1.74 bits per heavy atom. The summed E-state index contributed by atoms with van der Waals surface area (Å²) in [6.45, 7) is 0.221. The van der Waals surface area contributed by atoms with Crippen LogP contribution in [0.1, 0.15) is 36.2 Å². The third kappa shape index (κ3) is 4.96. The molecule has 5 aromatic rings. The molecule has 42 heavy (non-hydrogen) atoms. The van der Waals surface area contributed by atoms with Crippen molar-refractivity contribution in [3.63, 3.8) is 0 Å². The molecular weight excluding hydrogens is 573 g/mol. The summed E-state index contributed by atoms with van der Waals surface area (Å²) < 4.78 is 63.8. The number of aromatic nitrogens is 6. The number of nitrogens with zero attached hydrogens (tertiary/aromatic N) is 6. The zero-order valence-corrected chi connectivity index (χ0v) is 22.5. The van der Waals surface area contributed by atoms with Crippen molar-refractivity contribution in [1.29, 1.82) is 0 Å². The molecule has 0 amide bonds. The highest BCUT2D eigenvalue weighted by Gasteiger charge is 2.47. The topological polar surface area (TPSA) is 89.1 Å². The van der Waals surface area contributed by atoms with Gasteiger partial charge >= 0.3 is 0 Å². The molecule has 7 rings (SSSR count). The van der Waals surface area contributed by atoms with Gasteiger partial charge in [-0.25, -0.2) is 27.5 Å². The fourth-order valence-electron chi connectivity index (χ4n) is 5.38. The lowest BCUT2D eigenvalue weighted by atomic mass is 9.94. The maximum absolute atomic E-state index is 14.0. The maximum Gasteiger partial charge on any atom is 0.194 e. The van der Waals surface area contributed by atoms with E-state index in [1.165, 1.54) is 6.33 Å². The van der Waals surface area contributed by atoms with E-state index in [4.69, 9.17) is 25.8 Å². The van der Waals surface area contributed by atoms with Gasteiger partial charge in [-0.1, -0.05) is 53.2 Å². The normalized spacial score (nSPS) is 24.0. The van der Waals surface area contributed by atoms with Crippen LogP contribution in [0.4, 0.5) is 13.2 Å². The molecule has 2 aliphatic rings. The van der Waals surface area contributed by atoms with Crippen LogP contribution in [-0.2, 0) is 14.2 Å². The first-order valence-corrected chi connectivity index (χ1v) is 13.5. The third-order valence-electron chi connectivity index (χ3n) is 7.35. The molecule has 0 N–H and O–H groups in total. The van der Waals surface area contributed by atoms with Crippen LogP contribution in [-0.4, -0.2) is 48.6 Å². The van der Waals surface area contributed by atoms with Gasteiger partial charge in [0.15, 0.2) is 29.6 Å². The van der Waals surface area contributed by atoms with E-state index < -0.39 is 48.1 Å². The predicted molar refractivity (Wildman–Crippen MR) is 143 cm³/mol. The molecule has 2 aliphatic heterocycles. The van der Waals surface area contributed by atoms with Gasteiger partial charge < -0.3 is 14.2 Å². The molecule has 214 valence electrons. The molecule has 2 fully saturated rings. The third-order valence-corrected chi connectivity index (χ3v) is 7.58. The minimum atomic E-state index is -1.55. The van der Waals surface area contributed by atoms with Gasteiger partial charge in [-0.2, -0.15) is 5.10 Å². The quantitative estimate of drug-likeness (QED) is 0.238. The van der Waals surface area contributed by atoms with E-state index in [1.54, 1.807) is 27.7 Å². The Kier molecular flexibility index (Phi) is 6.98. The van der Waals surface area contributed by atoms with E-state index in [0.29, 0.717) is 23.0 Å². The second-order valence-corrected chi connectivity index (χ2v) is 10.4. The van der Waals surface area contributed by atoms with Gasteiger partial charge in [0.05, 0.1) is 24.5 Å². The lowest BCUT2D eigenvalue weighted by Crippen LogP contribution is -2.51. The first kappa shape index (κ1) is 26.8. The molecule has 1 unspecified atom stereocenters. The first-order valence-electron chi connectivity index (χ1n) is 13.1. The highest BCUT2D eigenvalue weighted by molar-refractivity contribution is 6.30. The summed E-state index contributed by atoms with van der Waals surface area (Å²) in [5, 5.41) is 13.4. The van der Waals surface area contributed by atoms with E-state index >= 15 is 0 Å². The maximum atomic E-state index is 14.0. The molecule has 0 saturated carbocycles. The molecule has 5 atom stereocenters. The molecule has 0 radical (unpaired) electrons. The van der Waals surface area contributed by atoms with E-state index in [9.17, 15) is 13.2 Å². The number of fused-ring (bicyclic) bond motifs is 1. The Morgan fingerprint density at radius 1 is 0.929 bits per heavy atom. The molecule has 0 aliphatic carbocycles. The number of halogens is 4. The minimum absolute atomic E-state index is 0.0496. The van der Waals surface area contributed by atoms with Gasteiger partial charge in [0.1, 0.15) is 30.3 Å². The van der Waals surface area contributed by atoms with Gasteiger partial charge in [-0.15, -0.1) is 5.10 Å². The second-order valence-electron chi connectivity index (χ2n) is 9.99. The summed E-state index contributed by atoms with van der Waals surface area (Å²) >= 11 is 6.23. The molecule has 2 saturated heterocycles. The van der Waals surface area contributed by atoms with Crippen molar-refractivity contribution < 1.29 is 27.4 Å². The summed E-state index contributed by atoms with van der Waals surface area (Å²) in [4.78, 5) is 4.49. The monoisotopic (exact) mass is 594 g/mol. The van der Waals surface area contributed by atoms with Crippen molar-refractivity contribution in [2.75, 3.05) is 6.61 Å². The van der Waals surface area contributed by atoms with Crippen molar-refractivity contribution in [2.45, 2.75) is 37.1 Å². The van der Waals surface area contributed by atoms with E-state index in [-0.39, 0.29) is 17.9 Å². The van der Waals surface area contributed by atoms with E-state index in [0.717, 1.165) is 17.7 Å².